The Labute approximate surface area is 210 Å². The van der Waals surface area contributed by atoms with E-state index in [2.05, 4.69) is 0 Å². The fourth-order valence-electron chi connectivity index (χ4n) is 3.69. The molecule has 0 aromatic heterocycles. The van der Waals surface area contributed by atoms with E-state index < -0.39 is 5.97 Å². The molecule has 0 unspecified atom stereocenters. The van der Waals surface area contributed by atoms with Gasteiger partial charge in [0.25, 0.3) is 5.91 Å². The molecule has 3 aromatic carbocycles. The van der Waals surface area contributed by atoms with Crippen molar-refractivity contribution < 1.29 is 18.7 Å². The lowest BCUT2D eigenvalue weighted by molar-refractivity contribution is -0.113. The molecule has 0 N–H and O–H groups in total. The number of benzene rings is 3. The number of anilines is 2. The van der Waals surface area contributed by atoms with Gasteiger partial charge in [-0.1, -0.05) is 23.9 Å². The number of fused-ring (bicyclic) bond motifs is 1. The predicted molar refractivity (Wildman–Crippen MR) is 139 cm³/mol. The first kappa shape index (κ1) is 23.2. The topological polar surface area (TPSA) is 62.2 Å². The zero-order valence-corrected chi connectivity index (χ0v) is 20.5. The number of carbonyl (C=O) groups excluding carboxylic acids is 2. The Bertz CT molecular complexity index is 1370. The van der Waals surface area contributed by atoms with Gasteiger partial charge in [0.1, 0.15) is 10.7 Å². The van der Waals surface area contributed by atoms with E-state index in [1.165, 1.54) is 40.6 Å². The third-order valence-corrected chi connectivity index (χ3v) is 7.80. The maximum absolute atomic E-state index is 13.7. The number of amides is 1. The lowest BCUT2D eigenvalue weighted by atomic mass is 10.2. The van der Waals surface area contributed by atoms with Gasteiger partial charge in [0.2, 0.25) is 0 Å². The van der Waals surface area contributed by atoms with Crippen LogP contribution in [0.4, 0.5) is 21.5 Å². The van der Waals surface area contributed by atoms with Crippen molar-refractivity contribution in [3.63, 3.8) is 0 Å². The minimum Gasteiger partial charge on any atom is -0.462 e. The van der Waals surface area contributed by atoms with Gasteiger partial charge in [0.05, 0.1) is 34.3 Å². The highest BCUT2D eigenvalue weighted by molar-refractivity contribution is 8.20. The van der Waals surface area contributed by atoms with Crippen molar-refractivity contribution in [1.82, 2.24) is 0 Å². The summed E-state index contributed by atoms with van der Waals surface area (Å²) in [7, 11) is 1.93. The highest BCUT2D eigenvalue weighted by Crippen LogP contribution is 2.50. The summed E-state index contributed by atoms with van der Waals surface area (Å²) in [4.78, 5) is 35.4. The van der Waals surface area contributed by atoms with Gasteiger partial charge in [-0.3, -0.25) is 9.69 Å². The summed E-state index contributed by atoms with van der Waals surface area (Å²) < 4.78 is 18.6. The molecular weight excluding hydrogens is 485 g/mol. The normalized spacial score (nSPS) is 18.4. The van der Waals surface area contributed by atoms with Gasteiger partial charge in [-0.15, -0.1) is 0 Å². The van der Waals surface area contributed by atoms with Gasteiger partial charge in [0, 0.05) is 11.9 Å². The average Bonchev–Trinajstić information content (AvgIpc) is 3.36. The van der Waals surface area contributed by atoms with Gasteiger partial charge in [-0.25, -0.2) is 14.2 Å². The van der Waals surface area contributed by atoms with Crippen LogP contribution < -0.4 is 9.80 Å². The first-order chi connectivity index (χ1) is 17.0. The van der Waals surface area contributed by atoms with Crippen LogP contribution >= 0.6 is 23.5 Å². The average molecular weight is 506 g/mol. The predicted octanol–water partition coefficient (Wildman–Crippen LogP) is 6.18. The Morgan fingerprint density at radius 2 is 1.71 bits per heavy atom. The van der Waals surface area contributed by atoms with E-state index >= 15 is 0 Å². The van der Waals surface area contributed by atoms with Crippen LogP contribution in [0.1, 0.15) is 17.3 Å². The van der Waals surface area contributed by atoms with Gasteiger partial charge in [-0.05, 0) is 79.3 Å². The molecule has 2 heterocycles. The van der Waals surface area contributed by atoms with E-state index in [4.69, 9.17) is 9.73 Å². The van der Waals surface area contributed by atoms with Crippen molar-refractivity contribution in [3.8, 4) is 0 Å². The summed E-state index contributed by atoms with van der Waals surface area (Å²) in [6, 6.07) is 20.4. The molecule has 1 fully saturated rings. The van der Waals surface area contributed by atoms with E-state index in [0.717, 1.165) is 15.6 Å². The summed E-state index contributed by atoms with van der Waals surface area (Å²) in [5.41, 5.74) is 2.54. The molecule has 2 aliphatic rings. The smallest absolute Gasteiger partial charge is 0.338 e. The number of carbonyl (C=O) groups is 2. The fraction of sp³-hybridized carbons (Fsp3) is 0.115. The van der Waals surface area contributed by atoms with E-state index in [-0.39, 0.29) is 11.7 Å². The van der Waals surface area contributed by atoms with Gasteiger partial charge < -0.3 is 9.64 Å². The highest BCUT2D eigenvalue weighted by Gasteiger charge is 2.40. The van der Waals surface area contributed by atoms with Crippen LogP contribution in [0, 0.1) is 5.82 Å². The maximum atomic E-state index is 13.7. The number of hydrogen-bond acceptors (Lipinski definition) is 7. The Morgan fingerprint density at radius 3 is 2.40 bits per heavy atom. The third-order valence-electron chi connectivity index (χ3n) is 5.40. The summed E-state index contributed by atoms with van der Waals surface area (Å²) in [5.74, 6) is -1.02. The summed E-state index contributed by atoms with van der Waals surface area (Å²) in [6.07, 6.45) is 0. The Hall–Kier alpha value is -3.56. The van der Waals surface area contributed by atoms with E-state index in [0.29, 0.717) is 33.6 Å². The first-order valence-electron chi connectivity index (χ1n) is 10.8. The van der Waals surface area contributed by atoms with Gasteiger partial charge in [-0.2, -0.15) is 0 Å². The fourth-order valence-corrected chi connectivity index (χ4v) is 6.04. The van der Waals surface area contributed by atoms with Crippen LogP contribution in [0.5, 0.6) is 0 Å². The molecule has 35 heavy (non-hydrogen) atoms. The van der Waals surface area contributed by atoms with Crippen molar-refractivity contribution in [3.05, 3.63) is 94.1 Å². The Balaban J connectivity index is 1.54. The number of aliphatic imine (C=N–C) groups is 1. The second kappa shape index (κ2) is 9.59. The molecule has 1 saturated heterocycles. The molecular formula is C26H20FN3O3S2. The molecule has 0 bridgehead atoms. The second-order valence-electron chi connectivity index (χ2n) is 7.64. The first-order valence-corrected chi connectivity index (χ1v) is 12.5. The molecule has 0 aliphatic carbocycles. The van der Waals surface area contributed by atoms with Crippen molar-refractivity contribution in [2.45, 2.75) is 11.8 Å². The number of rotatable bonds is 4. The zero-order chi connectivity index (χ0) is 24.5. The molecule has 6 nitrogen and oxygen atoms in total. The highest BCUT2D eigenvalue weighted by atomic mass is 32.2. The Kier molecular flexibility index (Phi) is 6.36. The van der Waals surface area contributed by atoms with Crippen LogP contribution in [-0.2, 0) is 9.53 Å². The molecule has 2 aliphatic heterocycles. The van der Waals surface area contributed by atoms with Crippen LogP contribution in [0.15, 0.2) is 92.6 Å². The standard InChI is InChI=1S/C26H20FN3O3S2/c1-3-33-25(32)16-8-12-18(13-9-16)28-26-30(19-14-10-17(27)11-15-19)23(31)22(35-26)24-29(2)20-6-4-5-7-21(20)34-24/h4-15H,3H2,1-2H3. The molecule has 0 spiro atoms. The van der Waals surface area contributed by atoms with E-state index in [9.17, 15) is 14.0 Å². The van der Waals surface area contributed by atoms with Crippen LogP contribution in [0.25, 0.3) is 0 Å². The minimum atomic E-state index is -0.405. The number of amidine groups is 1. The van der Waals surface area contributed by atoms with E-state index in [1.54, 1.807) is 43.3 Å². The summed E-state index contributed by atoms with van der Waals surface area (Å²) in [6.45, 7) is 2.04. The zero-order valence-electron chi connectivity index (χ0n) is 18.9. The molecule has 0 saturated carbocycles. The number of thioether (sulfide) groups is 2. The molecule has 1 amide bonds. The largest absolute Gasteiger partial charge is 0.462 e. The molecule has 9 heteroatoms. The quantitative estimate of drug-likeness (QED) is 0.312. The number of nitrogens with zero attached hydrogens (tertiary/aromatic N) is 3. The van der Waals surface area contributed by atoms with Crippen molar-refractivity contribution >= 4 is 57.6 Å². The van der Waals surface area contributed by atoms with Crippen molar-refractivity contribution in [2.75, 3.05) is 23.5 Å². The molecule has 5 rings (SSSR count). The Morgan fingerprint density at radius 1 is 1.00 bits per heavy atom. The second-order valence-corrected chi connectivity index (χ2v) is 9.65. The van der Waals surface area contributed by atoms with Crippen LogP contribution in [-0.4, -0.2) is 30.7 Å². The number of halogens is 1. The van der Waals surface area contributed by atoms with Crippen LogP contribution in [0.3, 0.4) is 0 Å². The van der Waals surface area contributed by atoms with Crippen LogP contribution in [0.2, 0.25) is 0 Å². The lowest BCUT2D eigenvalue weighted by Gasteiger charge is -2.16. The number of esters is 1. The minimum absolute atomic E-state index is 0.231. The molecule has 176 valence electrons. The summed E-state index contributed by atoms with van der Waals surface area (Å²) in [5, 5.41) is 1.26. The summed E-state index contributed by atoms with van der Waals surface area (Å²) >= 11 is 2.80. The number of ether oxygens (including phenoxy) is 1. The third kappa shape index (κ3) is 4.44. The number of para-hydroxylation sites is 1. The molecule has 0 radical (unpaired) electrons. The number of hydrogen-bond donors (Lipinski definition) is 0. The lowest BCUT2D eigenvalue weighted by Crippen LogP contribution is -2.29. The van der Waals surface area contributed by atoms with Crippen molar-refractivity contribution in [1.29, 1.82) is 0 Å². The maximum Gasteiger partial charge on any atom is 0.338 e. The van der Waals surface area contributed by atoms with Gasteiger partial charge >= 0.3 is 5.97 Å². The SMILES string of the molecule is CCOC(=O)c1ccc(N=C2SC(=C3Sc4ccccc4N3C)C(=O)N2c2ccc(F)cc2)cc1. The monoisotopic (exact) mass is 505 g/mol. The van der Waals surface area contributed by atoms with Gasteiger partial charge in [0.15, 0.2) is 5.17 Å². The van der Waals surface area contributed by atoms with E-state index in [1.807, 2.05) is 36.2 Å². The molecule has 0 atom stereocenters. The molecule has 3 aromatic rings. The van der Waals surface area contributed by atoms with Crippen molar-refractivity contribution in [2.24, 2.45) is 4.99 Å².